The maximum atomic E-state index is 12.2. The van der Waals surface area contributed by atoms with Gasteiger partial charge in [-0.15, -0.1) is 23.5 Å². The minimum Gasteiger partial charge on any atom is -0.452 e. The normalized spacial score (nSPS) is 14.1. The number of hydrogen-bond donors (Lipinski definition) is 0. The van der Waals surface area contributed by atoms with E-state index in [4.69, 9.17) is 4.74 Å². The van der Waals surface area contributed by atoms with Crippen LogP contribution in [0.3, 0.4) is 0 Å². The van der Waals surface area contributed by atoms with Gasteiger partial charge in [-0.05, 0) is 30.2 Å². The summed E-state index contributed by atoms with van der Waals surface area (Å²) in [4.78, 5) is 26.0. The Labute approximate surface area is 168 Å². The molecular formula is C21H23NO3S2. The summed E-state index contributed by atoms with van der Waals surface area (Å²) in [6.45, 7) is 2.26. The van der Waals surface area contributed by atoms with Crippen LogP contribution < -0.4 is 0 Å². The van der Waals surface area contributed by atoms with Gasteiger partial charge in [0.25, 0.3) is 5.91 Å². The first kappa shape index (κ1) is 19.8. The van der Waals surface area contributed by atoms with E-state index in [-0.39, 0.29) is 12.5 Å². The van der Waals surface area contributed by atoms with Crippen LogP contribution in [0.4, 0.5) is 0 Å². The van der Waals surface area contributed by atoms with E-state index in [1.165, 1.54) is 11.1 Å². The first-order chi connectivity index (χ1) is 13.0. The lowest BCUT2D eigenvalue weighted by Crippen LogP contribution is -2.30. The van der Waals surface area contributed by atoms with Crippen molar-refractivity contribution in [1.29, 1.82) is 0 Å². The van der Waals surface area contributed by atoms with Crippen molar-refractivity contribution in [3.05, 3.63) is 70.8 Å². The number of carbonyl (C=O) groups is 2. The monoisotopic (exact) mass is 401 g/mol. The number of rotatable bonds is 6. The molecule has 4 nitrogen and oxygen atoms in total. The molecule has 1 aliphatic heterocycles. The van der Waals surface area contributed by atoms with Crippen LogP contribution in [0, 0.1) is 6.92 Å². The number of nitrogens with zero attached hydrogens (tertiary/aromatic N) is 1. The fraction of sp³-hybridized carbons (Fsp3) is 0.333. The number of aryl methyl sites for hydroxylation is 1. The highest BCUT2D eigenvalue weighted by Crippen LogP contribution is 2.45. The van der Waals surface area contributed by atoms with Crippen molar-refractivity contribution in [1.82, 2.24) is 4.90 Å². The Balaban J connectivity index is 1.48. The first-order valence-corrected chi connectivity index (χ1v) is 10.9. The average molecular weight is 402 g/mol. The maximum absolute atomic E-state index is 12.2. The standard InChI is InChI=1S/C21H23NO3S2/c1-15-3-5-16(6-4-15)13-22(2)19(23)14-25-20(24)17-7-9-18(10-8-17)21-26-11-12-27-21/h3-10,21H,11-14H2,1-2H3. The van der Waals surface area contributed by atoms with Gasteiger partial charge < -0.3 is 9.64 Å². The number of likely N-dealkylation sites (N-methyl/N-ethyl adjacent to an activating group) is 1. The lowest BCUT2D eigenvalue weighted by Gasteiger charge is -2.17. The topological polar surface area (TPSA) is 46.6 Å². The zero-order valence-electron chi connectivity index (χ0n) is 15.5. The maximum Gasteiger partial charge on any atom is 0.338 e. The molecule has 1 amide bonds. The lowest BCUT2D eigenvalue weighted by molar-refractivity contribution is -0.133. The highest BCUT2D eigenvalue weighted by molar-refractivity contribution is 8.19. The van der Waals surface area contributed by atoms with Gasteiger partial charge in [0.05, 0.1) is 10.1 Å². The molecule has 27 heavy (non-hydrogen) atoms. The molecule has 1 heterocycles. The number of amides is 1. The molecule has 2 aromatic rings. The van der Waals surface area contributed by atoms with Crippen molar-refractivity contribution >= 4 is 35.4 Å². The minimum absolute atomic E-state index is 0.223. The SMILES string of the molecule is Cc1ccc(CN(C)C(=O)COC(=O)c2ccc(C3SCCS3)cc2)cc1. The molecule has 0 saturated carbocycles. The molecule has 6 heteroatoms. The molecule has 0 aliphatic carbocycles. The van der Waals surface area contributed by atoms with Crippen molar-refractivity contribution in [2.45, 2.75) is 18.1 Å². The predicted molar refractivity (Wildman–Crippen MR) is 112 cm³/mol. The minimum atomic E-state index is -0.467. The highest BCUT2D eigenvalue weighted by atomic mass is 32.2. The third kappa shape index (κ3) is 5.53. The molecule has 0 atom stereocenters. The Morgan fingerprint density at radius 1 is 1.04 bits per heavy atom. The van der Waals surface area contributed by atoms with Gasteiger partial charge >= 0.3 is 5.97 Å². The zero-order valence-corrected chi connectivity index (χ0v) is 17.1. The molecule has 0 N–H and O–H groups in total. The largest absolute Gasteiger partial charge is 0.452 e. The Hall–Kier alpha value is -1.92. The predicted octanol–water partition coefficient (Wildman–Crippen LogP) is 4.29. The summed E-state index contributed by atoms with van der Waals surface area (Å²) >= 11 is 3.85. The van der Waals surface area contributed by atoms with Crippen molar-refractivity contribution in [3.8, 4) is 0 Å². The van der Waals surface area contributed by atoms with E-state index in [0.717, 1.165) is 17.1 Å². The van der Waals surface area contributed by atoms with Crippen LogP contribution in [0.2, 0.25) is 0 Å². The van der Waals surface area contributed by atoms with Crippen molar-refractivity contribution in [2.24, 2.45) is 0 Å². The van der Waals surface area contributed by atoms with E-state index in [2.05, 4.69) is 0 Å². The molecular weight excluding hydrogens is 378 g/mol. The molecule has 0 aromatic heterocycles. The Morgan fingerprint density at radius 2 is 1.67 bits per heavy atom. The second-order valence-corrected chi connectivity index (χ2v) is 9.23. The van der Waals surface area contributed by atoms with Gasteiger partial charge in [-0.25, -0.2) is 4.79 Å². The number of esters is 1. The fourth-order valence-electron chi connectivity index (χ4n) is 2.70. The highest BCUT2D eigenvalue weighted by Gasteiger charge is 2.19. The number of carbonyl (C=O) groups excluding carboxylic acids is 2. The van der Waals surface area contributed by atoms with Crippen LogP contribution in [0.15, 0.2) is 48.5 Å². The molecule has 0 radical (unpaired) electrons. The van der Waals surface area contributed by atoms with Crippen LogP contribution in [-0.2, 0) is 16.1 Å². The Morgan fingerprint density at radius 3 is 2.30 bits per heavy atom. The van der Waals surface area contributed by atoms with E-state index in [1.807, 2.05) is 66.8 Å². The summed E-state index contributed by atoms with van der Waals surface area (Å²) in [6.07, 6.45) is 0. The number of benzene rings is 2. The number of hydrogen-bond acceptors (Lipinski definition) is 5. The van der Waals surface area contributed by atoms with Crippen LogP contribution in [0.1, 0.15) is 31.6 Å². The molecule has 3 rings (SSSR count). The molecule has 0 unspecified atom stereocenters. The summed E-state index contributed by atoms with van der Waals surface area (Å²) in [5.41, 5.74) is 3.91. The van der Waals surface area contributed by atoms with Crippen LogP contribution in [0.5, 0.6) is 0 Å². The lowest BCUT2D eigenvalue weighted by atomic mass is 10.1. The summed E-state index contributed by atoms with van der Waals surface area (Å²) in [6, 6.07) is 15.5. The zero-order chi connectivity index (χ0) is 19.2. The fourth-order valence-corrected chi connectivity index (χ4v) is 5.56. The van der Waals surface area contributed by atoms with Gasteiger partial charge in [0.1, 0.15) is 0 Å². The van der Waals surface area contributed by atoms with E-state index in [1.54, 1.807) is 24.1 Å². The average Bonchev–Trinajstić information content (AvgIpc) is 3.22. The summed E-state index contributed by atoms with van der Waals surface area (Å²) in [7, 11) is 1.71. The molecule has 142 valence electrons. The molecule has 1 saturated heterocycles. The third-order valence-corrected chi connectivity index (χ3v) is 7.44. The second kappa shape index (κ2) is 9.33. The van der Waals surface area contributed by atoms with Crippen molar-refractivity contribution in [2.75, 3.05) is 25.2 Å². The van der Waals surface area contributed by atoms with Gasteiger partial charge in [0.15, 0.2) is 6.61 Å². The number of thioether (sulfide) groups is 2. The summed E-state index contributed by atoms with van der Waals surface area (Å²) in [5, 5.41) is 0. The van der Waals surface area contributed by atoms with Crippen LogP contribution in [-0.4, -0.2) is 41.9 Å². The molecule has 0 bridgehead atoms. The van der Waals surface area contributed by atoms with E-state index >= 15 is 0 Å². The summed E-state index contributed by atoms with van der Waals surface area (Å²) in [5.74, 6) is 1.64. The molecule has 1 aliphatic rings. The van der Waals surface area contributed by atoms with Gasteiger partial charge in [0, 0.05) is 25.1 Å². The molecule has 1 fully saturated rings. The third-order valence-electron chi connectivity index (χ3n) is 4.33. The summed E-state index contributed by atoms with van der Waals surface area (Å²) < 4.78 is 5.64. The van der Waals surface area contributed by atoms with E-state index < -0.39 is 5.97 Å². The quantitative estimate of drug-likeness (QED) is 0.676. The van der Waals surface area contributed by atoms with Gasteiger partial charge in [0.2, 0.25) is 0 Å². The molecule has 0 spiro atoms. The van der Waals surface area contributed by atoms with Crippen LogP contribution >= 0.6 is 23.5 Å². The van der Waals surface area contributed by atoms with Gasteiger partial charge in [-0.1, -0.05) is 42.0 Å². The molecule has 2 aromatic carbocycles. The van der Waals surface area contributed by atoms with E-state index in [9.17, 15) is 9.59 Å². The smallest absolute Gasteiger partial charge is 0.338 e. The van der Waals surface area contributed by atoms with Gasteiger partial charge in [-0.3, -0.25) is 4.79 Å². The first-order valence-electron chi connectivity index (χ1n) is 8.83. The Kier molecular flexibility index (Phi) is 6.85. The van der Waals surface area contributed by atoms with Crippen molar-refractivity contribution < 1.29 is 14.3 Å². The van der Waals surface area contributed by atoms with Crippen LogP contribution in [0.25, 0.3) is 0 Å². The van der Waals surface area contributed by atoms with Gasteiger partial charge in [-0.2, -0.15) is 0 Å². The van der Waals surface area contributed by atoms with E-state index in [0.29, 0.717) is 16.7 Å². The van der Waals surface area contributed by atoms with Crippen molar-refractivity contribution in [3.63, 3.8) is 0 Å². The second-order valence-electron chi connectivity index (χ2n) is 6.51. The number of ether oxygens (including phenoxy) is 1. The Bertz CT molecular complexity index is 784.